The van der Waals surface area contributed by atoms with E-state index in [9.17, 15) is 18.7 Å². The molecule has 6 heteroatoms. The molecule has 1 N–H and O–H groups in total. The van der Waals surface area contributed by atoms with Gasteiger partial charge in [0.1, 0.15) is 0 Å². The number of halogens is 2. The molecule has 0 spiro atoms. The average Bonchev–Trinajstić information content (AvgIpc) is 2.79. The number of carboxylic acids is 1. The zero-order chi connectivity index (χ0) is 13.7. The number of carbonyl (C=O) groups is 1. The lowest BCUT2D eigenvalue weighted by Gasteiger charge is -2.16. The quantitative estimate of drug-likeness (QED) is 0.924. The Morgan fingerprint density at radius 3 is 2.53 bits per heavy atom. The number of carboxylic acid groups (broad SMARTS) is 1. The van der Waals surface area contributed by atoms with Gasteiger partial charge in [-0.05, 0) is 12.1 Å². The summed E-state index contributed by atoms with van der Waals surface area (Å²) in [5.41, 5.74) is -1.67. The fraction of sp³-hybridized carbons (Fsp3) is 0.231. The van der Waals surface area contributed by atoms with Crippen LogP contribution in [0.2, 0.25) is 0 Å². The van der Waals surface area contributed by atoms with Gasteiger partial charge in [0.25, 0.3) is 5.92 Å². The van der Waals surface area contributed by atoms with E-state index in [4.69, 9.17) is 0 Å². The van der Waals surface area contributed by atoms with Crippen LogP contribution in [0.25, 0.3) is 5.69 Å². The number of hydrogen-bond donors (Lipinski definition) is 1. The zero-order valence-corrected chi connectivity index (χ0v) is 9.75. The summed E-state index contributed by atoms with van der Waals surface area (Å²) >= 11 is 0. The Labute approximate surface area is 107 Å². The van der Waals surface area contributed by atoms with E-state index in [0.717, 1.165) is 0 Å². The molecule has 3 rings (SSSR count). The summed E-state index contributed by atoms with van der Waals surface area (Å²) in [5.74, 6) is -4.72. The fourth-order valence-electron chi connectivity index (χ4n) is 2.37. The van der Waals surface area contributed by atoms with Gasteiger partial charge >= 0.3 is 5.97 Å². The highest BCUT2D eigenvalue weighted by Gasteiger charge is 2.78. The molecular formula is C13H10F2N2O2. The second kappa shape index (κ2) is 3.63. The largest absolute Gasteiger partial charge is 0.480 e. The second-order valence-electron chi connectivity index (χ2n) is 4.56. The Morgan fingerprint density at radius 2 is 2.00 bits per heavy atom. The monoisotopic (exact) mass is 264 g/mol. The molecule has 4 nitrogen and oxygen atoms in total. The molecule has 0 saturated heterocycles. The Hall–Kier alpha value is -2.24. The highest BCUT2D eigenvalue weighted by atomic mass is 19.3. The van der Waals surface area contributed by atoms with E-state index in [-0.39, 0.29) is 5.56 Å². The summed E-state index contributed by atoms with van der Waals surface area (Å²) in [4.78, 5) is 11.3. The lowest BCUT2D eigenvalue weighted by molar-refractivity contribution is -0.142. The summed E-state index contributed by atoms with van der Waals surface area (Å²) in [6.45, 7) is 0. The highest BCUT2D eigenvalue weighted by molar-refractivity contribution is 5.89. The molecule has 98 valence electrons. The van der Waals surface area contributed by atoms with E-state index in [1.807, 2.05) is 0 Å². The first-order chi connectivity index (χ1) is 8.99. The fourth-order valence-corrected chi connectivity index (χ4v) is 2.37. The van der Waals surface area contributed by atoms with Crippen LogP contribution in [0.15, 0.2) is 42.7 Å². The average molecular weight is 264 g/mol. The minimum absolute atomic E-state index is 0.0937. The number of aromatic nitrogens is 2. The van der Waals surface area contributed by atoms with Gasteiger partial charge in [0.2, 0.25) is 0 Å². The zero-order valence-electron chi connectivity index (χ0n) is 9.75. The third-order valence-corrected chi connectivity index (χ3v) is 3.47. The van der Waals surface area contributed by atoms with Crippen molar-refractivity contribution in [2.75, 3.05) is 0 Å². The van der Waals surface area contributed by atoms with Gasteiger partial charge in [-0.25, -0.2) is 13.5 Å². The van der Waals surface area contributed by atoms with Crippen LogP contribution in [0.5, 0.6) is 0 Å². The lowest BCUT2D eigenvalue weighted by Crippen LogP contribution is -2.28. The van der Waals surface area contributed by atoms with Crippen LogP contribution in [0.4, 0.5) is 8.78 Å². The third-order valence-electron chi connectivity index (χ3n) is 3.47. The molecule has 1 aromatic carbocycles. The Morgan fingerprint density at radius 1 is 1.32 bits per heavy atom. The number of aliphatic carboxylic acids is 1. The molecule has 2 aromatic rings. The predicted octanol–water partition coefficient (Wildman–Crippen LogP) is 2.23. The number of benzene rings is 1. The van der Waals surface area contributed by atoms with Gasteiger partial charge in [0.15, 0.2) is 5.41 Å². The minimum Gasteiger partial charge on any atom is -0.480 e. The molecule has 0 aliphatic heterocycles. The summed E-state index contributed by atoms with van der Waals surface area (Å²) in [5, 5.41) is 13.2. The smallest absolute Gasteiger partial charge is 0.320 e. The van der Waals surface area contributed by atoms with Crippen LogP contribution in [0.1, 0.15) is 12.0 Å². The highest BCUT2D eigenvalue weighted by Crippen LogP contribution is 2.62. The van der Waals surface area contributed by atoms with Crippen LogP contribution in [-0.4, -0.2) is 26.8 Å². The minimum atomic E-state index is -3.22. The first-order valence-electron chi connectivity index (χ1n) is 5.70. The van der Waals surface area contributed by atoms with Crippen LogP contribution in [0.3, 0.4) is 0 Å². The van der Waals surface area contributed by atoms with Crippen molar-refractivity contribution in [3.05, 3.63) is 48.3 Å². The SMILES string of the molecule is O=C(O)C1(c2ccccc2-n2cccn2)CC1(F)F. The van der Waals surface area contributed by atoms with Crippen LogP contribution in [-0.2, 0) is 10.2 Å². The van der Waals surface area contributed by atoms with Gasteiger partial charge in [-0.1, -0.05) is 18.2 Å². The maximum absolute atomic E-state index is 13.6. The number of hydrogen-bond acceptors (Lipinski definition) is 2. The maximum atomic E-state index is 13.6. The molecule has 1 unspecified atom stereocenters. The van der Waals surface area contributed by atoms with Gasteiger partial charge in [-0.2, -0.15) is 5.10 Å². The lowest BCUT2D eigenvalue weighted by atomic mass is 9.93. The standard InChI is InChI=1S/C13H10F2N2O2/c14-13(15)8-12(13,11(18)19)9-4-1-2-5-10(9)17-7-3-6-16-17/h1-7H,8H2,(H,18,19). The Balaban J connectivity index is 2.20. The number of para-hydroxylation sites is 1. The second-order valence-corrected chi connectivity index (χ2v) is 4.56. The molecular weight excluding hydrogens is 254 g/mol. The molecule has 1 saturated carbocycles. The summed E-state index contributed by atoms with van der Waals surface area (Å²) < 4.78 is 28.6. The van der Waals surface area contributed by atoms with E-state index in [2.05, 4.69) is 5.10 Å². The molecule has 1 fully saturated rings. The topological polar surface area (TPSA) is 55.1 Å². The van der Waals surface area contributed by atoms with E-state index in [1.165, 1.54) is 16.9 Å². The van der Waals surface area contributed by atoms with Gasteiger partial charge in [0.05, 0.1) is 5.69 Å². The predicted molar refractivity (Wildman–Crippen MR) is 62.4 cm³/mol. The van der Waals surface area contributed by atoms with Crippen molar-refractivity contribution in [1.82, 2.24) is 9.78 Å². The Kier molecular flexibility index (Phi) is 2.26. The first kappa shape index (κ1) is 11.8. The van der Waals surface area contributed by atoms with Crippen molar-refractivity contribution in [1.29, 1.82) is 0 Å². The van der Waals surface area contributed by atoms with Crippen molar-refractivity contribution in [3.8, 4) is 5.69 Å². The molecule has 1 aliphatic carbocycles. The van der Waals surface area contributed by atoms with Gasteiger partial charge in [-0.15, -0.1) is 0 Å². The molecule has 1 aromatic heterocycles. The van der Waals surface area contributed by atoms with Crippen molar-refractivity contribution >= 4 is 5.97 Å². The van der Waals surface area contributed by atoms with E-state index in [1.54, 1.807) is 30.5 Å². The molecule has 0 radical (unpaired) electrons. The normalized spacial score (nSPS) is 24.1. The molecule has 0 bridgehead atoms. The van der Waals surface area contributed by atoms with Crippen LogP contribution >= 0.6 is 0 Å². The van der Waals surface area contributed by atoms with Gasteiger partial charge in [0, 0.05) is 24.4 Å². The maximum Gasteiger partial charge on any atom is 0.320 e. The van der Waals surface area contributed by atoms with Crippen molar-refractivity contribution in [3.63, 3.8) is 0 Å². The van der Waals surface area contributed by atoms with Crippen LogP contribution in [0, 0.1) is 0 Å². The van der Waals surface area contributed by atoms with Crippen molar-refractivity contribution in [2.24, 2.45) is 0 Å². The molecule has 1 atom stereocenters. The Bertz CT molecular complexity index is 640. The number of alkyl halides is 2. The number of rotatable bonds is 3. The van der Waals surface area contributed by atoms with E-state index >= 15 is 0 Å². The van der Waals surface area contributed by atoms with E-state index < -0.39 is 23.7 Å². The van der Waals surface area contributed by atoms with Gasteiger partial charge < -0.3 is 5.11 Å². The molecule has 19 heavy (non-hydrogen) atoms. The summed E-state index contributed by atoms with van der Waals surface area (Å²) in [6, 6.07) is 7.88. The third kappa shape index (κ3) is 1.49. The molecule has 1 aliphatic rings. The number of nitrogens with zero attached hydrogens (tertiary/aromatic N) is 2. The summed E-state index contributed by atoms with van der Waals surface area (Å²) in [6.07, 6.45) is 2.43. The van der Waals surface area contributed by atoms with Crippen LogP contribution < -0.4 is 0 Å². The molecule has 1 heterocycles. The van der Waals surface area contributed by atoms with Crippen molar-refractivity contribution < 1.29 is 18.7 Å². The van der Waals surface area contributed by atoms with E-state index in [0.29, 0.717) is 5.69 Å². The summed E-state index contributed by atoms with van der Waals surface area (Å²) in [7, 11) is 0. The van der Waals surface area contributed by atoms with Crippen molar-refractivity contribution in [2.45, 2.75) is 17.8 Å². The first-order valence-corrected chi connectivity index (χ1v) is 5.70. The van der Waals surface area contributed by atoms with Gasteiger partial charge in [-0.3, -0.25) is 4.79 Å². The molecule has 0 amide bonds.